The van der Waals surface area contributed by atoms with Crippen molar-refractivity contribution < 1.29 is 9.21 Å². The molecule has 0 radical (unpaired) electrons. The smallest absolute Gasteiger partial charge is 0.258 e. The number of amides is 1. The number of thiocarbonyl (C=S) groups is 1. The first-order valence-corrected chi connectivity index (χ1v) is 12.3. The van der Waals surface area contributed by atoms with E-state index in [2.05, 4.69) is 64.2 Å². The minimum absolute atomic E-state index is 0.183. The SMILES string of the molecule is CC[C@H](C)c1ccc2oc(-c3ccc(NC(=S)NC(=O)c4cc(I)ccc4Cl)cc3)nc2c1. The summed E-state index contributed by atoms with van der Waals surface area (Å²) in [4.78, 5) is 17.1. The van der Waals surface area contributed by atoms with E-state index in [-0.39, 0.29) is 11.0 Å². The van der Waals surface area contributed by atoms with Crippen molar-refractivity contribution in [2.24, 2.45) is 0 Å². The summed E-state index contributed by atoms with van der Waals surface area (Å²) in [5.74, 6) is 0.670. The van der Waals surface area contributed by atoms with Gasteiger partial charge in [-0.15, -0.1) is 0 Å². The largest absolute Gasteiger partial charge is 0.436 e. The molecule has 0 saturated carbocycles. The number of rotatable bonds is 5. The summed E-state index contributed by atoms with van der Waals surface area (Å²) in [6.45, 7) is 4.38. The molecular formula is C25H21ClIN3O2S. The summed E-state index contributed by atoms with van der Waals surface area (Å²) in [6, 6.07) is 18.9. The fourth-order valence-corrected chi connectivity index (χ4v) is 4.22. The molecule has 5 nitrogen and oxygen atoms in total. The standard InChI is InChI=1S/C25H21ClIN3O2S/c1-3-14(2)16-6-11-22-21(12-16)29-24(32-22)15-4-8-18(9-5-15)28-25(33)30-23(31)19-13-17(27)7-10-20(19)26/h4-14H,3H2,1-2H3,(H2,28,30,31,33)/t14-/m0/s1. The van der Waals surface area contributed by atoms with Gasteiger partial charge in [0, 0.05) is 14.8 Å². The molecule has 1 atom stereocenters. The second-order valence-electron chi connectivity index (χ2n) is 7.67. The normalized spacial score (nSPS) is 11.9. The second kappa shape index (κ2) is 10.2. The number of oxazole rings is 1. The third kappa shape index (κ3) is 5.54. The Morgan fingerprint density at radius 3 is 2.64 bits per heavy atom. The van der Waals surface area contributed by atoms with Crippen LogP contribution in [0, 0.1) is 3.57 Å². The summed E-state index contributed by atoms with van der Waals surface area (Å²) in [7, 11) is 0. The molecule has 0 unspecified atom stereocenters. The predicted molar refractivity (Wildman–Crippen MR) is 146 cm³/mol. The highest BCUT2D eigenvalue weighted by atomic mass is 127. The zero-order chi connectivity index (χ0) is 23.5. The van der Waals surface area contributed by atoms with E-state index in [1.165, 1.54) is 5.56 Å². The molecule has 168 valence electrons. The molecule has 0 spiro atoms. The van der Waals surface area contributed by atoms with Gasteiger partial charge in [-0.25, -0.2) is 4.98 Å². The summed E-state index contributed by atoms with van der Waals surface area (Å²) >= 11 is 13.5. The lowest BCUT2D eigenvalue weighted by Crippen LogP contribution is -2.34. The topological polar surface area (TPSA) is 67.2 Å². The fourth-order valence-electron chi connectivity index (χ4n) is 3.31. The van der Waals surface area contributed by atoms with Crippen molar-refractivity contribution in [3.05, 3.63) is 80.4 Å². The molecule has 0 saturated heterocycles. The highest BCUT2D eigenvalue weighted by Crippen LogP contribution is 2.28. The maximum absolute atomic E-state index is 12.5. The quantitative estimate of drug-likeness (QED) is 0.188. The Morgan fingerprint density at radius 2 is 1.91 bits per heavy atom. The summed E-state index contributed by atoms with van der Waals surface area (Å²) < 4.78 is 6.85. The Kier molecular flexibility index (Phi) is 7.31. The van der Waals surface area contributed by atoms with Crippen LogP contribution < -0.4 is 10.6 Å². The van der Waals surface area contributed by atoms with Gasteiger partial charge < -0.3 is 9.73 Å². The Hall–Kier alpha value is -2.49. The van der Waals surface area contributed by atoms with Crippen LogP contribution in [0.4, 0.5) is 5.69 Å². The molecule has 3 aromatic carbocycles. The van der Waals surface area contributed by atoms with Crippen molar-refractivity contribution in [1.29, 1.82) is 0 Å². The van der Waals surface area contributed by atoms with Crippen LogP contribution in [0.25, 0.3) is 22.6 Å². The molecule has 1 heterocycles. The molecule has 0 fully saturated rings. The number of benzene rings is 3. The lowest BCUT2D eigenvalue weighted by molar-refractivity contribution is 0.0978. The van der Waals surface area contributed by atoms with Gasteiger partial charge in [0.2, 0.25) is 5.89 Å². The van der Waals surface area contributed by atoms with E-state index in [0.29, 0.717) is 22.4 Å². The fraction of sp³-hybridized carbons (Fsp3) is 0.160. The predicted octanol–water partition coefficient (Wildman–Crippen LogP) is 7.39. The van der Waals surface area contributed by atoms with Crippen LogP contribution in [0.1, 0.15) is 42.1 Å². The van der Waals surface area contributed by atoms with Crippen molar-refractivity contribution in [3.63, 3.8) is 0 Å². The zero-order valence-electron chi connectivity index (χ0n) is 18.0. The van der Waals surface area contributed by atoms with Crippen molar-refractivity contribution >= 4 is 74.2 Å². The molecule has 0 bridgehead atoms. The summed E-state index contributed by atoms with van der Waals surface area (Å²) in [5.41, 5.74) is 4.82. The van der Waals surface area contributed by atoms with E-state index < -0.39 is 0 Å². The average Bonchev–Trinajstić information content (AvgIpc) is 3.23. The van der Waals surface area contributed by atoms with Gasteiger partial charge in [-0.2, -0.15) is 0 Å². The van der Waals surface area contributed by atoms with Crippen molar-refractivity contribution in [2.45, 2.75) is 26.2 Å². The molecular weight excluding hydrogens is 569 g/mol. The third-order valence-electron chi connectivity index (χ3n) is 5.38. The van der Waals surface area contributed by atoms with Crippen LogP contribution in [-0.2, 0) is 0 Å². The van der Waals surface area contributed by atoms with Crippen LogP contribution in [0.3, 0.4) is 0 Å². The van der Waals surface area contributed by atoms with E-state index in [1.54, 1.807) is 12.1 Å². The first-order valence-electron chi connectivity index (χ1n) is 10.4. The maximum atomic E-state index is 12.5. The lowest BCUT2D eigenvalue weighted by Gasteiger charge is -2.11. The van der Waals surface area contributed by atoms with E-state index in [9.17, 15) is 4.79 Å². The Labute approximate surface area is 216 Å². The van der Waals surface area contributed by atoms with E-state index in [1.807, 2.05) is 36.4 Å². The van der Waals surface area contributed by atoms with Crippen LogP contribution >= 0.6 is 46.4 Å². The highest BCUT2D eigenvalue weighted by Gasteiger charge is 2.14. The van der Waals surface area contributed by atoms with Crippen LogP contribution in [0.15, 0.2) is 65.1 Å². The molecule has 33 heavy (non-hydrogen) atoms. The number of carbonyl (C=O) groups excluding carboxylic acids is 1. The van der Waals surface area contributed by atoms with Crippen LogP contribution in [0.5, 0.6) is 0 Å². The van der Waals surface area contributed by atoms with Crippen molar-refractivity contribution in [1.82, 2.24) is 10.3 Å². The monoisotopic (exact) mass is 589 g/mol. The minimum Gasteiger partial charge on any atom is -0.436 e. The number of nitrogens with one attached hydrogen (secondary N) is 2. The first-order chi connectivity index (χ1) is 15.8. The van der Waals surface area contributed by atoms with Gasteiger partial charge in [0.05, 0.1) is 10.6 Å². The number of hydrogen-bond donors (Lipinski definition) is 2. The van der Waals surface area contributed by atoms with Gasteiger partial charge in [0.25, 0.3) is 5.91 Å². The second-order valence-corrected chi connectivity index (χ2v) is 9.73. The number of fused-ring (bicyclic) bond motifs is 1. The molecule has 4 rings (SSSR count). The lowest BCUT2D eigenvalue weighted by atomic mass is 9.98. The number of nitrogens with zero attached hydrogens (tertiary/aromatic N) is 1. The van der Waals surface area contributed by atoms with Gasteiger partial charge >= 0.3 is 0 Å². The van der Waals surface area contributed by atoms with E-state index in [0.717, 1.165) is 32.3 Å². The molecule has 2 N–H and O–H groups in total. The molecule has 8 heteroatoms. The van der Waals surface area contributed by atoms with Crippen LogP contribution in [0.2, 0.25) is 5.02 Å². The van der Waals surface area contributed by atoms with Crippen LogP contribution in [-0.4, -0.2) is 16.0 Å². The third-order valence-corrected chi connectivity index (χ3v) is 6.59. The molecule has 4 aromatic rings. The van der Waals surface area contributed by atoms with Gasteiger partial charge in [-0.1, -0.05) is 31.5 Å². The summed E-state index contributed by atoms with van der Waals surface area (Å²) in [6.07, 6.45) is 1.07. The van der Waals surface area contributed by atoms with Gasteiger partial charge in [-0.3, -0.25) is 10.1 Å². The average molecular weight is 590 g/mol. The number of aromatic nitrogens is 1. The molecule has 1 amide bonds. The minimum atomic E-state index is -0.365. The molecule has 0 aliphatic heterocycles. The van der Waals surface area contributed by atoms with E-state index >= 15 is 0 Å². The zero-order valence-corrected chi connectivity index (χ0v) is 21.7. The number of carbonyl (C=O) groups is 1. The Balaban J connectivity index is 1.44. The Morgan fingerprint density at radius 1 is 1.15 bits per heavy atom. The van der Waals surface area contributed by atoms with Crippen molar-refractivity contribution in [2.75, 3.05) is 5.32 Å². The van der Waals surface area contributed by atoms with Crippen molar-refractivity contribution in [3.8, 4) is 11.5 Å². The van der Waals surface area contributed by atoms with Gasteiger partial charge in [0.15, 0.2) is 10.7 Å². The molecule has 0 aliphatic carbocycles. The summed E-state index contributed by atoms with van der Waals surface area (Å²) in [5, 5.41) is 6.22. The molecule has 1 aromatic heterocycles. The van der Waals surface area contributed by atoms with E-state index in [4.69, 9.17) is 28.2 Å². The number of anilines is 1. The molecule has 0 aliphatic rings. The Bertz CT molecular complexity index is 1340. The van der Waals surface area contributed by atoms with Gasteiger partial charge in [-0.05, 0) is 107 Å². The number of hydrogen-bond acceptors (Lipinski definition) is 4. The maximum Gasteiger partial charge on any atom is 0.258 e. The van der Waals surface area contributed by atoms with Gasteiger partial charge in [0.1, 0.15) is 5.52 Å². The number of halogens is 2. The highest BCUT2D eigenvalue weighted by molar-refractivity contribution is 14.1. The first kappa shape index (κ1) is 23.7.